The van der Waals surface area contributed by atoms with Gasteiger partial charge in [-0.1, -0.05) is 0 Å². The van der Waals surface area contributed by atoms with Gasteiger partial charge in [0.2, 0.25) is 0 Å². The van der Waals surface area contributed by atoms with E-state index in [1.807, 2.05) is 0 Å². The third-order valence-electron chi connectivity index (χ3n) is 1.80. The van der Waals surface area contributed by atoms with E-state index in [0.29, 0.717) is 0 Å². The molecule has 0 spiro atoms. The Kier molecular flexibility index (Phi) is 2.84. The Balaban J connectivity index is 2.00. The van der Waals surface area contributed by atoms with Gasteiger partial charge in [-0.3, -0.25) is 0 Å². The van der Waals surface area contributed by atoms with E-state index in [9.17, 15) is 4.79 Å². The predicted molar refractivity (Wildman–Crippen MR) is 39.0 cm³/mol. The minimum atomic E-state index is -0.328. The number of methoxy groups -OCH3 is 1. The highest BCUT2D eigenvalue weighted by atomic mass is 16.6. The molecule has 0 aromatic rings. The molecule has 1 rings (SSSR count). The van der Waals surface area contributed by atoms with Crippen molar-refractivity contribution in [2.45, 2.75) is 25.0 Å². The predicted octanol–water partition coefficient (Wildman–Crippen LogP) is -0.334. The third kappa shape index (κ3) is 2.48. The number of nitrogens with two attached hydrogens (primary N) is 1. The van der Waals surface area contributed by atoms with E-state index in [0.717, 1.165) is 12.8 Å². The van der Waals surface area contributed by atoms with Gasteiger partial charge in [-0.25, -0.2) is 4.79 Å². The molecule has 0 unspecified atom stereocenters. The van der Waals surface area contributed by atoms with E-state index in [1.54, 1.807) is 0 Å². The molecule has 0 atom stereocenters. The van der Waals surface area contributed by atoms with Crippen LogP contribution in [0, 0.1) is 0 Å². The lowest BCUT2D eigenvalue weighted by Crippen LogP contribution is -2.42. The quantitative estimate of drug-likeness (QED) is 0.572. The summed E-state index contributed by atoms with van der Waals surface area (Å²) in [7, 11) is 1.35. The molecule has 2 N–H and O–H groups in total. The average molecular weight is 159 g/mol. The molecule has 64 valence electrons. The molecule has 1 saturated carbocycles. The molecule has 0 bridgehead atoms. The lowest BCUT2D eigenvalue weighted by atomic mass is 9.90. The maximum Gasteiger partial charge on any atom is 0.331 e. The molecule has 0 aliphatic heterocycles. The lowest BCUT2D eigenvalue weighted by molar-refractivity contribution is -0.150. The minimum Gasteiger partial charge on any atom is -0.467 e. The van der Waals surface area contributed by atoms with Gasteiger partial charge in [-0.2, -0.15) is 0 Å². The molecule has 0 heterocycles. The molecule has 0 aromatic carbocycles. The Morgan fingerprint density at radius 1 is 1.64 bits per heavy atom. The maximum atomic E-state index is 10.6. The molecule has 4 heteroatoms. The number of rotatable bonds is 3. The summed E-state index contributed by atoms with van der Waals surface area (Å²) in [6.07, 6.45) is 1.89. The van der Waals surface area contributed by atoms with Crippen molar-refractivity contribution >= 4 is 5.97 Å². The Hall–Kier alpha value is -0.610. The molecule has 1 fully saturated rings. The fraction of sp³-hybridized carbons (Fsp3) is 0.857. The molecule has 0 aromatic heterocycles. The van der Waals surface area contributed by atoms with Crippen molar-refractivity contribution in [1.82, 2.24) is 0 Å². The highest BCUT2D eigenvalue weighted by Gasteiger charge is 2.26. The highest BCUT2D eigenvalue weighted by Crippen LogP contribution is 2.20. The SMILES string of the molecule is COC(=O)COC1CC(N)C1. The fourth-order valence-electron chi connectivity index (χ4n) is 0.987. The van der Waals surface area contributed by atoms with Gasteiger partial charge in [0.1, 0.15) is 6.61 Å². The van der Waals surface area contributed by atoms with E-state index in [1.165, 1.54) is 7.11 Å². The second-order valence-corrected chi connectivity index (χ2v) is 2.74. The van der Waals surface area contributed by atoms with Crippen LogP contribution in [0.5, 0.6) is 0 Å². The summed E-state index contributed by atoms with van der Waals surface area (Å²) in [4.78, 5) is 10.6. The van der Waals surface area contributed by atoms with Crippen molar-refractivity contribution in [3.05, 3.63) is 0 Å². The number of carbonyl (C=O) groups excluding carboxylic acids is 1. The van der Waals surface area contributed by atoms with E-state index in [2.05, 4.69) is 4.74 Å². The molecule has 0 amide bonds. The van der Waals surface area contributed by atoms with Crippen LogP contribution in [0.25, 0.3) is 0 Å². The summed E-state index contributed by atoms with van der Waals surface area (Å²) in [5.41, 5.74) is 5.51. The van der Waals surface area contributed by atoms with Crippen LogP contribution in [0.15, 0.2) is 0 Å². The second-order valence-electron chi connectivity index (χ2n) is 2.74. The van der Waals surface area contributed by atoms with Crippen LogP contribution in [0.1, 0.15) is 12.8 Å². The monoisotopic (exact) mass is 159 g/mol. The van der Waals surface area contributed by atoms with Crippen molar-refractivity contribution in [3.8, 4) is 0 Å². The average Bonchev–Trinajstić information content (AvgIpc) is 1.95. The van der Waals surface area contributed by atoms with Gasteiger partial charge in [-0.15, -0.1) is 0 Å². The normalized spacial score (nSPS) is 29.3. The molecule has 0 saturated heterocycles. The van der Waals surface area contributed by atoms with Gasteiger partial charge in [0.05, 0.1) is 13.2 Å². The van der Waals surface area contributed by atoms with Gasteiger partial charge in [0.25, 0.3) is 0 Å². The van der Waals surface area contributed by atoms with Crippen molar-refractivity contribution in [3.63, 3.8) is 0 Å². The number of esters is 1. The van der Waals surface area contributed by atoms with Crippen molar-refractivity contribution < 1.29 is 14.3 Å². The summed E-state index contributed by atoms with van der Waals surface area (Å²) in [5.74, 6) is -0.328. The van der Waals surface area contributed by atoms with E-state index in [4.69, 9.17) is 10.5 Å². The van der Waals surface area contributed by atoms with Crippen LogP contribution in [0.4, 0.5) is 0 Å². The van der Waals surface area contributed by atoms with Gasteiger partial charge in [-0.05, 0) is 12.8 Å². The Labute approximate surface area is 65.7 Å². The standard InChI is InChI=1S/C7H13NO3/c1-10-7(9)4-11-6-2-5(8)3-6/h5-6H,2-4,8H2,1H3. The van der Waals surface area contributed by atoms with Crippen LogP contribution in [0.3, 0.4) is 0 Å². The lowest BCUT2D eigenvalue weighted by Gasteiger charge is -2.31. The first-order valence-corrected chi connectivity index (χ1v) is 3.66. The van der Waals surface area contributed by atoms with Crippen molar-refractivity contribution in [2.75, 3.05) is 13.7 Å². The van der Waals surface area contributed by atoms with Gasteiger partial charge < -0.3 is 15.2 Å². The molecular formula is C7H13NO3. The molecular weight excluding hydrogens is 146 g/mol. The van der Waals surface area contributed by atoms with E-state index in [-0.39, 0.29) is 24.7 Å². The topological polar surface area (TPSA) is 61.5 Å². The Bertz CT molecular complexity index is 143. The maximum absolute atomic E-state index is 10.6. The minimum absolute atomic E-state index is 0.0495. The summed E-state index contributed by atoms with van der Waals surface area (Å²) in [6, 6.07) is 0.262. The van der Waals surface area contributed by atoms with E-state index < -0.39 is 0 Å². The number of hydrogen-bond acceptors (Lipinski definition) is 4. The smallest absolute Gasteiger partial charge is 0.331 e. The number of hydrogen-bond donors (Lipinski definition) is 1. The second kappa shape index (κ2) is 3.69. The molecule has 1 aliphatic carbocycles. The van der Waals surface area contributed by atoms with E-state index >= 15 is 0 Å². The van der Waals surface area contributed by atoms with Crippen molar-refractivity contribution in [2.24, 2.45) is 5.73 Å². The van der Waals surface area contributed by atoms with Gasteiger partial charge in [0, 0.05) is 6.04 Å². The largest absolute Gasteiger partial charge is 0.467 e. The zero-order valence-electron chi connectivity index (χ0n) is 6.58. The fourth-order valence-corrected chi connectivity index (χ4v) is 0.987. The van der Waals surface area contributed by atoms with Crippen molar-refractivity contribution in [1.29, 1.82) is 0 Å². The Morgan fingerprint density at radius 3 is 2.73 bits per heavy atom. The van der Waals surface area contributed by atoms with Crippen LogP contribution >= 0.6 is 0 Å². The number of ether oxygens (including phenoxy) is 2. The van der Waals surface area contributed by atoms with Gasteiger partial charge in [0.15, 0.2) is 0 Å². The van der Waals surface area contributed by atoms with Crippen LogP contribution in [-0.4, -0.2) is 31.8 Å². The first-order valence-electron chi connectivity index (χ1n) is 3.66. The molecule has 0 radical (unpaired) electrons. The molecule has 4 nitrogen and oxygen atoms in total. The summed E-state index contributed by atoms with van der Waals surface area (Å²) >= 11 is 0. The summed E-state index contributed by atoms with van der Waals surface area (Å²) in [5, 5.41) is 0. The van der Waals surface area contributed by atoms with Crippen LogP contribution in [-0.2, 0) is 14.3 Å². The van der Waals surface area contributed by atoms with Crippen LogP contribution < -0.4 is 5.73 Å². The summed E-state index contributed by atoms with van der Waals surface area (Å²) in [6.45, 7) is 0.0495. The van der Waals surface area contributed by atoms with Crippen LogP contribution in [0.2, 0.25) is 0 Å². The Morgan fingerprint density at radius 2 is 2.27 bits per heavy atom. The zero-order chi connectivity index (χ0) is 8.27. The molecule has 11 heavy (non-hydrogen) atoms. The first-order chi connectivity index (χ1) is 5.22. The molecule has 1 aliphatic rings. The number of carbonyl (C=O) groups is 1. The first kappa shape index (κ1) is 8.49. The third-order valence-corrected chi connectivity index (χ3v) is 1.80. The van der Waals surface area contributed by atoms with Gasteiger partial charge >= 0.3 is 5.97 Å². The summed E-state index contributed by atoms with van der Waals surface area (Å²) < 4.78 is 9.55. The zero-order valence-corrected chi connectivity index (χ0v) is 6.58. The highest BCUT2D eigenvalue weighted by molar-refractivity contribution is 5.70.